The van der Waals surface area contributed by atoms with Crippen molar-refractivity contribution >= 4 is 21.7 Å². The molecule has 100 valence electrons. The van der Waals surface area contributed by atoms with Crippen LogP contribution >= 0.6 is 15.9 Å². The maximum absolute atomic E-state index is 13.7. The van der Waals surface area contributed by atoms with E-state index in [0.29, 0.717) is 21.4 Å². The summed E-state index contributed by atoms with van der Waals surface area (Å²) in [5.74, 6) is 0.264. The lowest BCUT2D eigenvalue weighted by atomic mass is 10.0. The topological polar surface area (TPSA) is 64.9 Å². The Bertz CT molecular complexity index is 758. The first kappa shape index (κ1) is 12.8. The van der Waals surface area contributed by atoms with Gasteiger partial charge in [-0.25, -0.2) is 4.39 Å². The number of nitrogens with two attached hydrogens (primary N) is 1. The number of aromatic nitrogens is 2. The number of rotatable bonds is 2. The van der Waals surface area contributed by atoms with Crippen LogP contribution in [-0.4, -0.2) is 10.1 Å². The van der Waals surface area contributed by atoms with Crippen molar-refractivity contribution in [2.24, 2.45) is 0 Å². The zero-order valence-corrected chi connectivity index (χ0v) is 11.8. The molecule has 4 nitrogen and oxygen atoms in total. The van der Waals surface area contributed by atoms with Gasteiger partial charge in [0.25, 0.3) is 0 Å². The Morgan fingerprint density at radius 2 is 2.05 bits per heavy atom. The minimum Gasteiger partial charge on any atom is -0.380 e. The van der Waals surface area contributed by atoms with Gasteiger partial charge in [-0.2, -0.15) is 0 Å². The minimum absolute atomic E-state index is 0.240. The third-order valence-corrected chi connectivity index (χ3v) is 3.67. The van der Waals surface area contributed by atoms with Crippen molar-refractivity contribution in [2.45, 2.75) is 0 Å². The van der Waals surface area contributed by atoms with Gasteiger partial charge in [0.15, 0.2) is 11.6 Å². The first-order chi connectivity index (χ1) is 9.68. The summed E-state index contributed by atoms with van der Waals surface area (Å²) < 4.78 is 19.2. The van der Waals surface area contributed by atoms with E-state index >= 15 is 0 Å². The van der Waals surface area contributed by atoms with E-state index in [4.69, 9.17) is 10.3 Å². The maximum atomic E-state index is 13.7. The second-order valence-corrected chi connectivity index (χ2v) is 4.91. The molecule has 0 saturated carbocycles. The van der Waals surface area contributed by atoms with Gasteiger partial charge in [0.2, 0.25) is 0 Å². The Balaban J connectivity index is 2.24. The van der Waals surface area contributed by atoms with E-state index in [0.717, 1.165) is 5.56 Å². The molecule has 0 aliphatic heterocycles. The van der Waals surface area contributed by atoms with Crippen LogP contribution < -0.4 is 5.73 Å². The lowest BCUT2D eigenvalue weighted by Gasteiger charge is -2.05. The summed E-state index contributed by atoms with van der Waals surface area (Å²) in [6.45, 7) is 0. The lowest BCUT2D eigenvalue weighted by Crippen LogP contribution is -1.90. The Hall–Kier alpha value is -2.21. The van der Waals surface area contributed by atoms with Crippen LogP contribution in [0.1, 0.15) is 0 Å². The normalized spacial score (nSPS) is 10.7. The van der Waals surface area contributed by atoms with Crippen LogP contribution in [0.4, 0.5) is 10.2 Å². The highest BCUT2D eigenvalue weighted by atomic mass is 79.9. The third kappa shape index (κ3) is 2.08. The van der Waals surface area contributed by atoms with E-state index in [1.807, 2.05) is 6.07 Å². The summed E-state index contributed by atoms with van der Waals surface area (Å²) in [5, 5.41) is 3.77. The molecule has 0 radical (unpaired) electrons. The Morgan fingerprint density at radius 1 is 1.20 bits per heavy atom. The molecule has 0 aliphatic rings. The van der Waals surface area contributed by atoms with Gasteiger partial charge in [-0.15, -0.1) is 0 Å². The molecule has 0 spiro atoms. The lowest BCUT2D eigenvalue weighted by molar-refractivity contribution is 0.435. The molecule has 0 fully saturated rings. The van der Waals surface area contributed by atoms with Crippen LogP contribution in [0.5, 0.6) is 0 Å². The molecule has 0 saturated heterocycles. The first-order valence-electron chi connectivity index (χ1n) is 5.78. The second kappa shape index (κ2) is 5.05. The van der Waals surface area contributed by atoms with Gasteiger partial charge in [0, 0.05) is 23.5 Å². The van der Waals surface area contributed by atoms with Gasteiger partial charge in [0.1, 0.15) is 5.82 Å². The van der Waals surface area contributed by atoms with Gasteiger partial charge in [-0.05, 0) is 34.1 Å². The molecule has 0 unspecified atom stereocenters. The van der Waals surface area contributed by atoms with E-state index < -0.39 is 0 Å². The molecule has 0 amide bonds. The predicted molar refractivity (Wildman–Crippen MR) is 77.2 cm³/mol. The monoisotopic (exact) mass is 333 g/mol. The van der Waals surface area contributed by atoms with Crippen LogP contribution in [0.25, 0.3) is 22.5 Å². The summed E-state index contributed by atoms with van der Waals surface area (Å²) in [5.41, 5.74) is 7.77. The van der Waals surface area contributed by atoms with Crippen molar-refractivity contribution in [1.82, 2.24) is 10.1 Å². The largest absolute Gasteiger partial charge is 0.380 e. The van der Waals surface area contributed by atoms with Crippen molar-refractivity contribution in [1.29, 1.82) is 0 Å². The number of hydrogen-bond donors (Lipinski definition) is 1. The summed E-state index contributed by atoms with van der Waals surface area (Å²) >= 11 is 3.21. The first-order valence-corrected chi connectivity index (χ1v) is 6.57. The summed E-state index contributed by atoms with van der Waals surface area (Å²) in [6, 6.07) is 8.31. The molecule has 0 bridgehead atoms. The predicted octanol–water partition coefficient (Wildman–Crippen LogP) is 3.89. The molecule has 2 heterocycles. The molecule has 0 aliphatic carbocycles. The van der Waals surface area contributed by atoms with Crippen LogP contribution in [0.2, 0.25) is 0 Å². The standard InChI is InChI=1S/C14H9BrFN3O/c15-12-9(4-1-5-10(12)16)13-11(14(17)19-20-13)8-3-2-6-18-7-8/h1-7H,(H2,17,19). The van der Waals surface area contributed by atoms with Crippen LogP contribution in [-0.2, 0) is 0 Å². The average Bonchev–Trinajstić information content (AvgIpc) is 2.84. The highest BCUT2D eigenvalue weighted by Crippen LogP contribution is 2.39. The van der Waals surface area contributed by atoms with Gasteiger partial charge in [-0.3, -0.25) is 4.98 Å². The molecule has 0 atom stereocenters. The number of benzene rings is 1. The quantitative estimate of drug-likeness (QED) is 0.772. The Labute approximate surface area is 122 Å². The van der Waals surface area contributed by atoms with E-state index in [2.05, 4.69) is 26.1 Å². The highest BCUT2D eigenvalue weighted by molar-refractivity contribution is 9.10. The number of anilines is 1. The number of pyridine rings is 1. The van der Waals surface area contributed by atoms with Gasteiger partial charge in [-0.1, -0.05) is 17.3 Å². The molecule has 1 aromatic carbocycles. The fourth-order valence-electron chi connectivity index (χ4n) is 1.96. The van der Waals surface area contributed by atoms with E-state index in [9.17, 15) is 4.39 Å². The average molecular weight is 334 g/mol. The molecule has 6 heteroatoms. The van der Waals surface area contributed by atoms with E-state index in [-0.39, 0.29) is 11.6 Å². The van der Waals surface area contributed by atoms with Crippen LogP contribution in [0.3, 0.4) is 0 Å². The fraction of sp³-hybridized carbons (Fsp3) is 0. The summed E-state index contributed by atoms with van der Waals surface area (Å²) in [7, 11) is 0. The third-order valence-electron chi connectivity index (χ3n) is 2.86. The van der Waals surface area contributed by atoms with Gasteiger partial charge < -0.3 is 10.3 Å². The smallest absolute Gasteiger partial charge is 0.178 e. The SMILES string of the molecule is Nc1noc(-c2cccc(F)c2Br)c1-c1cccnc1. The minimum atomic E-state index is -0.380. The number of nitrogen functional groups attached to an aromatic ring is 1. The van der Waals surface area contributed by atoms with Crippen LogP contribution in [0.15, 0.2) is 51.7 Å². The van der Waals surface area contributed by atoms with E-state index in [1.165, 1.54) is 6.07 Å². The summed E-state index contributed by atoms with van der Waals surface area (Å²) in [6.07, 6.45) is 3.31. The Kier molecular flexibility index (Phi) is 3.23. The zero-order valence-electron chi connectivity index (χ0n) is 10.2. The molecule has 3 rings (SSSR count). The molecule has 2 N–H and O–H groups in total. The molecule has 20 heavy (non-hydrogen) atoms. The van der Waals surface area contributed by atoms with Crippen molar-refractivity contribution < 1.29 is 8.91 Å². The molecular formula is C14H9BrFN3O. The molecule has 3 aromatic rings. The van der Waals surface area contributed by atoms with Gasteiger partial charge in [0.05, 0.1) is 10.0 Å². The summed E-state index contributed by atoms with van der Waals surface area (Å²) in [4.78, 5) is 4.05. The van der Waals surface area contributed by atoms with Crippen molar-refractivity contribution in [3.63, 3.8) is 0 Å². The van der Waals surface area contributed by atoms with Crippen molar-refractivity contribution in [3.05, 3.63) is 53.0 Å². The number of hydrogen-bond acceptors (Lipinski definition) is 4. The van der Waals surface area contributed by atoms with Gasteiger partial charge >= 0.3 is 0 Å². The van der Waals surface area contributed by atoms with Crippen molar-refractivity contribution in [2.75, 3.05) is 5.73 Å². The Morgan fingerprint density at radius 3 is 2.80 bits per heavy atom. The van der Waals surface area contributed by atoms with Crippen molar-refractivity contribution in [3.8, 4) is 22.5 Å². The maximum Gasteiger partial charge on any atom is 0.178 e. The second-order valence-electron chi connectivity index (χ2n) is 4.12. The molecule has 2 aromatic heterocycles. The highest BCUT2D eigenvalue weighted by Gasteiger charge is 2.20. The number of nitrogens with zero attached hydrogens (tertiary/aromatic N) is 2. The van der Waals surface area contributed by atoms with Crippen LogP contribution in [0, 0.1) is 5.82 Å². The molecular weight excluding hydrogens is 325 g/mol. The van der Waals surface area contributed by atoms with E-state index in [1.54, 1.807) is 30.6 Å². The fourth-order valence-corrected chi connectivity index (χ4v) is 2.40. The number of halogens is 2. The zero-order chi connectivity index (χ0) is 14.1.